The number of hydrazone groups is 1. The van der Waals surface area contributed by atoms with Gasteiger partial charge in [0.15, 0.2) is 0 Å². The first kappa shape index (κ1) is 20.8. The van der Waals surface area contributed by atoms with Crippen LogP contribution in [0.3, 0.4) is 0 Å². The molecule has 11 heteroatoms. The highest BCUT2D eigenvalue weighted by atomic mass is 32.2. The van der Waals surface area contributed by atoms with Crippen molar-refractivity contribution < 1.29 is 22.9 Å². The summed E-state index contributed by atoms with van der Waals surface area (Å²) in [4.78, 5) is 22.4. The Kier molecular flexibility index (Phi) is 6.66. The quantitative estimate of drug-likeness (QED) is 0.402. The Morgan fingerprint density at radius 1 is 1.29 bits per heavy atom. The molecule has 0 bridgehead atoms. The highest BCUT2D eigenvalue weighted by Gasteiger charge is 2.23. The largest absolute Gasteiger partial charge is 0.495 e. The van der Waals surface area contributed by atoms with Gasteiger partial charge in [-0.1, -0.05) is 24.3 Å². The first-order chi connectivity index (χ1) is 13.2. The number of hydrogen-bond donors (Lipinski definition) is 1. The van der Waals surface area contributed by atoms with Gasteiger partial charge in [-0.25, -0.2) is 13.8 Å². The summed E-state index contributed by atoms with van der Waals surface area (Å²) in [6.45, 7) is -0.522. The van der Waals surface area contributed by atoms with Crippen LogP contribution in [-0.4, -0.2) is 45.4 Å². The summed E-state index contributed by atoms with van der Waals surface area (Å²) in [5.41, 5.74) is 2.70. The van der Waals surface area contributed by atoms with Gasteiger partial charge >= 0.3 is 0 Å². The molecule has 0 aliphatic rings. The van der Waals surface area contributed by atoms with Crippen LogP contribution in [0.15, 0.2) is 53.6 Å². The Labute approximate surface area is 161 Å². The number of amides is 1. The van der Waals surface area contributed by atoms with E-state index in [9.17, 15) is 23.3 Å². The van der Waals surface area contributed by atoms with Gasteiger partial charge in [0, 0.05) is 17.7 Å². The number of methoxy groups -OCH3 is 1. The number of nitro groups is 1. The lowest BCUT2D eigenvalue weighted by atomic mass is 10.2. The van der Waals surface area contributed by atoms with Gasteiger partial charge in [-0.3, -0.25) is 19.2 Å². The molecule has 0 atom stereocenters. The second-order valence-corrected chi connectivity index (χ2v) is 7.49. The van der Waals surface area contributed by atoms with E-state index in [2.05, 4.69) is 10.5 Å². The zero-order valence-electron chi connectivity index (χ0n) is 15.1. The third kappa shape index (κ3) is 5.51. The van der Waals surface area contributed by atoms with Crippen molar-refractivity contribution in [2.45, 2.75) is 0 Å². The lowest BCUT2D eigenvalue weighted by Crippen LogP contribution is -2.39. The SMILES string of the molecule is COc1ccccc1N(CC(=O)N/N=C\c1cccc([N+](=O)[O-])c1)S(C)(=O)=O. The van der Waals surface area contributed by atoms with Crippen LogP contribution in [0.25, 0.3) is 0 Å². The van der Waals surface area contributed by atoms with Crippen LogP contribution < -0.4 is 14.5 Å². The minimum atomic E-state index is -3.77. The number of sulfonamides is 1. The molecule has 2 rings (SSSR count). The fraction of sp³-hybridized carbons (Fsp3) is 0.176. The summed E-state index contributed by atoms with van der Waals surface area (Å²) in [6, 6.07) is 12.0. The molecule has 0 heterocycles. The van der Waals surface area contributed by atoms with Gasteiger partial charge in [0.1, 0.15) is 12.3 Å². The van der Waals surface area contributed by atoms with Crippen molar-refractivity contribution in [2.24, 2.45) is 5.10 Å². The molecule has 0 saturated carbocycles. The summed E-state index contributed by atoms with van der Waals surface area (Å²) in [7, 11) is -2.38. The Balaban J connectivity index is 2.12. The molecule has 1 amide bonds. The first-order valence-electron chi connectivity index (χ1n) is 7.89. The average Bonchev–Trinajstić information content (AvgIpc) is 2.65. The van der Waals surface area contributed by atoms with Crippen LogP contribution in [0.2, 0.25) is 0 Å². The molecule has 2 aromatic rings. The number of nitro benzene ring substituents is 1. The average molecular weight is 406 g/mol. The molecule has 0 fully saturated rings. The second kappa shape index (κ2) is 8.95. The lowest BCUT2D eigenvalue weighted by molar-refractivity contribution is -0.384. The predicted octanol–water partition coefficient (Wildman–Crippen LogP) is 1.52. The summed E-state index contributed by atoms with van der Waals surface area (Å²) >= 11 is 0. The van der Waals surface area contributed by atoms with Crippen LogP contribution in [0, 0.1) is 10.1 Å². The number of carbonyl (C=O) groups excluding carboxylic acids is 1. The molecular formula is C17H18N4O6S. The maximum atomic E-state index is 12.2. The number of para-hydroxylation sites is 2. The van der Waals surface area contributed by atoms with E-state index in [0.29, 0.717) is 11.3 Å². The van der Waals surface area contributed by atoms with Crippen LogP contribution in [0.4, 0.5) is 11.4 Å². The summed E-state index contributed by atoms with van der Waals surface area (Å²) in [5, 5.41) is 14.5. The number of rotatable bonds is 8. The van der Waals surface area contributed by atoms with Crippen molar-refractivity contribution >= 4 is 33.5 Å². The summed E-state index contributed by atoms with van der Waals surface area (Å²) in [5.74, 6) is -0.404. The first-order valence-corrected chi connectivity index (χ1v) is 9.74. The molecule has 28 heavy (non-hydrogen) atoms. The van der Waals surface area contributed by atoms with E-state index in [1.165, 1.54) is 37.6 Å². The number of carbonyl (C=O) groups is 1. The number of ether oxygens (including phenoxy) is 1. The molecule has 0 aromatic heterocycles. The van der Waals surface area contributed by atoms with Gasteiger partial charge in [-0.2, -0.15) is 5.10 Å². The third-order valence-electron chi connectivity index (χ3n) is 3.53. The van der Waals surface area contributed by atoms with Crippen LogP contribution in [0.1, 0.15) is 5.56 Å². The maximum absolute atomic E-state index is 12.2. The van der Waals surface area contributed by atoms with E-state index in [0.717, 1.165) is 10.6 Å². The zero-order chi connectivity index (χ0) is 20.7. The maximum Gasteiger partial charge on any atom is 0.270 e. The second-order valence-electron chi connectivity index (χ2n) is 5.59. The summed E-state index contributed by atoms with van der Waals surface area (Å²) < 4.78 is 30.3. The Morgan fingerprint density at radius 3 is 2.64 bits per heavy atom. The molecular weight excluding hydrogens is 388 g/mol. The molecule has 1 N–H and O–H groups in total. The molecule has 10 nitrogen and oxygen atoms in total. The highest BCUT2D eigenvalue weighted by Crippen LogP contribution is 2.29. The third-order valence-corrected chi connectivity index (χ3v) is 4.65. The molecule has 0 saturated heterocycles. The number of benzene rings is 2. The molecule has 0 aliphatic heterocycles. The highest BCUT2D eigenvalue weighted by molar-refractivity contribution is 7.92. The Morgan fingerprint density at radius 2 is 2.00 bits per heavy atom. The van der Waals surface area contributed by atoms with Crippen LogP contribution >= 0.6 is 0 Å². The topological polar surface area (TPSA) is 131 Å². The monoisotopic (exact) mass is 406 g/mol. The molecule has 2 aromatic carbocycles. The number of nitrogens with zero attached hydrogens (tertiary/aromatic N) is 3. The van der Waals surface area contributed by atoms with Gasteiger partial charge in [0.25, 0.3) is 11.6 Å². The fourth-order valence-corrected chi connectivity index (χ4v) is 3.14. The van der Waals surface area contributed by atoms with Gasteiger partial charge in [-0.15, -0.1) is 0 Å². The van der Waals surface area contributed by atoms with Crippen molar-refractivity contribution in [3.05, 3.63) is 64.2 Å². The number of anilines is 1. The Bertz CT molecular complexity index is 1010. The molecule has 148 valence electrons. The van der Waals surface area contributed by atoms with E-state index in [-0.39, 0.29) is 11.4 Å². The van der Waals surface area contributed by atoms with E-state index < -0.39 is 27.4 Å². The summed E-state index contributed by atoms with van der Waals surface area (Å²) in [6.07, 6.45) is 2.19. The number of nitrogens with one attached hydrogen (secondary N) is 1. The molecule has 0 aliphatic carbocycles. The van der Waals surface area contributed by atoms with Gasteiger partial charge in [0.2, 0.25) is 10.0 Å². The molecule has 0 radical (unpaired) electrons. The molecule has 0 spiro atoms. The molecule has 0 unspecified atom stereocenters. The Hall–Kier alpha value is -3.47. The fourth-order valence-electron chi connectivity index (χ4n) is 2.28. The van der Waals surface area contributed by atoms with Crippen molar-refractivity contribution in [3.63, 3.8) is 0 Å². The minimum absolute atomic E-state index is 0.116. The van der Waals surface area contributed by atoms with Gasteiger partial charge in [0.05, 0.1) is 30.2 Å². The van der Waals surface area contributed by atoms with Gasteiger partial charge in [-0.05, 0) is 12.1 Å². The predicted molar refractivity (Wildman–Crippen MR) is 104 cm³/mol. The van der Waals surface area contributed by atoms with Crippen molar-refractivity contribution in [3.8, 4) is 5.75 Å². The standard InChI is InChI=1S/C17H18N4O6S/c1-27-16-9-4-3-8-15(16)20(28(2,25)26)12-17(22)19-18-11-13-6-5-7-14(10-13)21(23)24/h3-11H,12H2,1-2H3,(H,19,22)/b18-11-. The number of hydrogen-bond acceptors (Lipinski definition) is 7. The van der Waals surface area contributed by atoms with Crippen molar-refractivity contribution in [2.75, 3.05) is 24.2 Å². The number of non-ortho nitro benzene ring substituents is 1. The van der Waals surface area contributed by atoms with Gasteiger partial charge < -0.3 is 4.74 Å². The smallest absolute Gasteiger partial charge is 0.270 e. The lowest BCUT2D eigenvalue weighted by Gasteiger charge is -2.23. The minimum Gasteiger partial charge on any atom is -0.495 e. The van der Waals surface area contributed by atoms with E-state index in [4.69, 9.17) is 4.74 Å². The van der Waals surface area contributed by atoms with E-state index in [1.807, 2.05) is 0 Å². The van der Waals surface area contributed by atoms with Crippen LogP contribution in [0.5, 0.6) is 5.75 Å². The van der Waals surface area contributed by atoms with E-state index in [1.54, 1.807) is 24.3 Å². The van der Waals surface area contributed by atoms with Crippen LogP contribution in [-0.2, 0) is 14.8 Å². The zero-order valence-corrected chi connectivity index (χ0v) is 15.9. The van der Waals surface area contributed by atoms with Crippen molar-refractivity contribution in [1.82, 2.24) is 5.43 Å². The normalized spacial score (nSPS) is 11.2. The van der Waals surface area contributed by atoms with Crippen molar-refractivity contribution in [1.29, 1.82) is 0 Å². The van der Waals surface area contributed by atoms with E-state index >= 15 is 0 Å².